The molecule has 0 fully saturated rings. The zero-order chi connectivity index (χ0) is 13.3. The number of carbonyl (C=O) groups is 1. The Labute approximate surface area is 122 Å². The van der Waals surface area contributed by atoms with Gasteiger partial charge in [-0.25, -0.2) is 4.39 Å². The fourth-order valence-corrected chi connectivity index (χ4v) is 3.20. The second-order valence-electron chi connectivity index (χ2n) is 3.87. The predicted octanol–water partition coefficient (Wildman–Crippen LogP) is 5.04. The van der Waals surface area contributed by atoms with Crippen molar-refractivity contribution in [2.24, 2.45) is 0 Å². The van der Waals surface area contributed by atoms with E-state index in [1.54, 1.807) is 12.1 Å². The van der Waals surface area contributed by atoms with Gasteiger partial charge in [0.05, 0.1) is 14.4 Å². The van der Waals surface area contributed by atoms with Gasteiger partial charge in [-0.05, 0) is 45.4 Å². The van der Waals surface area contributed by atoms with Crippen molar-refractivity contribution in [3.8, 4) is 0 Å². The van der Waals surface area contributed by atoms with Crippen molar-refractivity contribution in [2.45, 2.75) is 13.3 Å². The molecule has 0 aliphatic rings. The van der Waals surface area contributed by atoms with Gasteiger partial charge in [0.15, 0.2) is 5.78 Å². The third-order valence-corrected chi connectivity index (χ3v) is 5.16. The highest BCUT2D eigenvalue weighted by atomic mass is 79.9. The Balaban J connectivity index is 2.27. The fraction of sp³-hybridized carbons (Fsp3) is 0.154. The van der Waals surface area contributed by atoms with Crippen molar-refractivity contribution in [1.82, 2.24) is 0 Å². The van der Waals surface area contributed by atoms with Crippen LogP contribution < -0.4 is 0 Å². The minimum absolute atomic E-state index is 0.0931. The topological polar surface area (TPSA) is 17.1 Å². The van der Waals surface area contributed by atoms with Crippen molar-refractivity contribution in [1.29, 1.82) is 0 Å². The van der Waals surface area contributed by atoms with Crippen molar-refractivity contribution in [3.05, 3.63) is 54.9 Å². The summed E-state index contributed by atoms with van der Waals surface area (Å²) in [4.78, 5) is 12.6. The first-order valence-corrected chi connectivity index (χ1v) is 7.25. The lowest BCUT2D eigenvalue weighted by atomic mass is 10.1. The van der Waals surface area contributed by atoms with E-state index >= 15 is 0 Å². The van der Waals surface area contributed by atoms with Gasteiger partial charge < -0.3 is 0 Å². The van der Waals surface area contributed by atoms with E-state index in [-0.39, 0.29) is 18.0 Å². The molecule has 1 aromatic carbocycles. The molecule has 18 heavy (non-hydrogen) atoms. The van der Waals surface area contributed by atoms with Crippen LogP contribution in [0.25, 0.3) is 0 Å². The number of hydrogen-bond donors (Lipinski definition) is 0. The number of Topliss-reactive ketones (excluding diaryl/α,β-unsaturated/α-hetero) is 1. The van der Waals surface area contributed by atoms with Crippen LogP contribution >= 0.6 is 38.9 Å². The Bertz CT molecular complexity index is 609. The molecule has 0 aliphatic heterocycles. The summed E-state index contributed by atoms with van der Waals surface area (Å²) in [5, 5.41) is 2.34. The van der Waals surface area contributed by atoms with E-state index in [0.717, 1.165) is 5.56 Å². The molecule has 0 aliphatic carbocycles. The van der Waals surface area contributed by atoms with Gasteiger partial charge in [0.25, 0.3) is 0 Å². The fourth-order valence-electron chi connectivity index (χ4n) is 1.56. The quantitative estimate of drug-likeness (QED) is 0.711. The van der Waals surface area contributed by atoms with Crippen LogP contribution in [-0.4, -0.2) is 5.78 Å². The molecule has 5 heteroatoms. The van der Waals surface area contributed by atoms with E-state index in [2.05, 4.69) is 15.9 Å². The summed E-state index contributed by atoms with van der Waals surface area (Å²) in [6.07, 6.45) is 0.137. The van der Waals surface area contributed by atoms with Gasteiger partial charge in [0.2, 0.25) is 0 Å². The first-order chi connectivity index (χ1) is 8.50. The molecule has 0 spiro atoms. The van der Waals surface area contributed by atoms with Crippen LogP contribution in [0.1, 0.15) is 20.8 Å². The molecule has 0 saturated carbocycles. The highest BCUT2D eigenvalue weighted by Gasteiger charge is 2.17. The highest BCUT2D eigenvalue weighted by molar-refractivity contribution is 9.10. The molecule has 2 aromatic rings. The van der Waals surface area contributed by atoms with Crippen LogP contribution in [0.3, 0.4) is 0 Å². The molecule has 1 nitrogen and oxygen atoms in total. The van der Waals surface area contributed by atoms with Crippen LogP contribution in [0, 0.1) is 12.7 Å². The van der Waals surface area contributed by atoms with Crippen molar-refractivity contribution < 1.29 is 9.18 Å². The summed E-state index contributed by atoms with van der Waals surface area (Å²) in [5.74, 6) is -0.460. The van der Waals surface area contributed by atoms with Gasteiger partial charge in [0, 0.05) is 6.42 Å². The summed E-state index contributed by atoms with van der Waals surface area (Å²) < 4.78 is 13.7. The number of aryl methyl sites for hydroxylation is 1. The molecule has 2 rings (SSSR count). The molecule has 0 saturated heterocycles. The molecule has 0 bridgehead atoms. The lowest BCUT2D eigenvalue weighted by Gasteiger charge is -2.04. The van der Waals surface area contributed by atoms with Crippen LogP contribution in [0.5, 0.6) is 0 Å². The molecule has 1 heterocycles. The van der Waals surface area contributed by atoms with E-state index < -0.39 is 0 Å². The predicted molar refractivity (Wildman–Crippen MR) is 76.2 cm³/mol. The van der Waals surface area contributed by atoms with Crippen molar-refractivity contribution in [2.75, 3.05) is 0 Å². The summed E-state index contributed by atoms with van der Waals surface area (Å²) in [5.41, 5.74) is 1.52. The van der Waals surface area contributed by atoms with Crippen LogP contribution in [-0.2, 0) is 6.42 Å². The van der Waals surface area contributed by atoms with Crippen molar-refractivity contribution >= 4 is 44.7 Å². The maximum atomic E-state index is 13.3. The Morgan fingerprint density at radius 3 is 2.83 bits per heavy atom. The van der Waals surface area contributed by atoms with Gasteiger partial charge in [-0.15, -0.1) is 11.3 Å². The Kier molecular flexibility index (Phi) is 4.20. The summed E-state index contributed by atoms with van der Waals surface area (Å²) in [6.45, 7) is 1.85. The molecule has 1 aromatic heterocycles. The number of ketones is 1. The monoisotopic (exact) mass is 346 g/mol. The van der Waals surface area contributed by atoms with E-state index in [1.807, 2.05) is 12.3 Å². The number of hydrogen-bond acceptors (Lipinski definition) is 2. The zero-order valence-corrected chi connectivity index (χ0v) is 12.6. The van der Waals surface area contributed by atoms with Gasteiger partial charge >= 0.3 is 0 Å². The van der Waals surface area contributed by atoms with Gasteiger partial charge in [-0.3, -0.25) is 4.79 Å². The van der Waals surface area contributed by atoms with Crippen LogP contribution in [0.4, 0.5) is 4.39 Å². The Hall–Kier alpha value is -0.710. The summed E-state index contributed by atoms with van der Waals surface area (Å²) >= 11 is 10.5. The van der Waals surface area contributed by atoms with Crippen molar-refractivity contribution in [3.63, 3.8) is 0 Å². The first kappa shape index (κ1) is 13.7. The molecule has 0 N–H and O–H groups in total. The third kappa shape index (κ3) is 2.66. The van der Waals surface area contributed by atoms with Gasteiger partial charge in [-0.1, -0.05) is 23.7 Å². The molecular weight excluding hydrogens is 339 g/mol. The van der Waals surface area contributed by atoms with Gasteiger partial charge in [0.1, 0.15) is 5.82 Å². The molecule has 0 amide bonds. The second-order valence-corrected chi connectivity index (χ2v) is 5.93. The first-order valence-electron chi connectivity index (χ1n) is 5.20. The minimum atomic E-state index is -0.367. The molecule has 0 radical (unpaired) electrons. The van der Waals surface area contributed by atoms with Gasteiger partial charge in [-0.2, -0.15) is 0 Å². The maximum Gasteiger partial charge on any atom is 0.178 e. The highest BCUT2D eigenvalue weighted by Crippen LogP contribution is 2.29. The summed E-state index contributed by atoms with van der Waals surface area (Å²) in [6, 6.07) is 4.66. The zero-order valence-electron chi connectivity index (χ0n) is 9.47. The van der Waals surface area contributed by atoms with Crippen LogP contribution in [0.15, 0.2) is 28.1 Å². The third-order valence-electron chi connectivity index (χ3n) is 2.53. The number of thiophene rings is 1. The second kappa shape index (κ2) is 5.51. The smallest absolute Gasteiger partial charge is 0.178 e. The number of benzene rings is 1. The molecule has 94 valence electrons. The number of rotatable bonds is 3. The number of carbonyl (C=O) groups excluding carboxylic acids is 1. The van der Waals surface area contributed by atoms with E-state index in [9.17, 15) is 9.18 Å². The largest absolute Gasteiger partial charge is 0.293 e. The minimum Gasteiger partial charge on any atom is -0.293 e. The standard InChI is InChI=1S/C13H9BrClFOS/c1-7-6-18-13(12(7)15)10(17)5-8-3-2-4-9(16)11(8)14/h2-4,6H,5H2,1H3. The van der Waals surface area contributed by atoms with Crippen LogP contribution in [0.2, 0.25) is 5.02 Å². The molecular formula is C13H9BrClFOS. The van der Waals surface area contributed by atoms with E-state index in [4.69, 9.17) is 11.6 Å². The lowest BCUT2D eigenvalue weighted by Crippen LogP contribution is -2.03. The number of halogens is 3. The SMILES string of the molecule is Cc1csc(C(=O)Cc2cccc(F)c2Br)c1Cl. The maximum absolute atomic E-state index is 13.3. The Morgan fingerprint density at radius 1 is 1.50 bits per heavy atom. The van der Waals surface area contributed by atoms with E-state index in [0.29, 0.717) is 19.9 Å². The molecule has 0 unspecified atom stereocenters. The average Bonchev–Trinajstić information content (AvgIpc) is 2.66. The lowest BCUT2D eigenvalue weighted by molar-refractivity contribution is 0.0996. The normalized spacial score (nSPS) is 10.7. The Morgan fingerprint density at radius 2 is 2.22 bits per heavy atom. The summed E-state index contributed by atoms with van der Waals surface area (Å²) in [7, 11) is 0. The van der Waals surface area contributed by atoms with E-state index in [1.165, 1.54) is 17.4 Å². The average molecular weight is 348 g/mol. The molecule has 0 atom stereocenters.